The second-order valence-corrected chi connectivity index (χ2v) is 11.8. The summed E-state index contributed by atoms with van der Waals surface area (Å²) in [5.74, 6) is -4.89. The number of ether oxygens (including phenoxy) is 2. The van der Waals surface area contributed by atoms with Gasteiger partial charge < -0.3 is 30.8 Å². The number of amides is 1. The van der Waals surface area contributed by atoms with Gasteiger partial charge in [0.25, 0.3) is 5.91 Å². The first-order valence-corrected chi connectivity index (χ1v) is 14.0. The van der Waals surface area contributed by atoms with Crippen LogP contribution in [0.1, 0.15) is 53.7 Å². The van der Waals surface area contributed by atoms with Crippen molar-refractivity contribution in [2.24, 2.45) is 17.6 Å². The molecular formula is C30H39F3N4O6. The predicted molar refractivity (Wildman–Crippen MR) is 152 cm³/mol. The van der Waals surface area contributed by atoms with E-state index in [0.29, 0.717) is 6.42 Å². The Kier molecular flexibility index (Phi) is 8.50. The Balaban J connectivity index is 2.02. The number of halogens is 3. The molecule has 4 rings (SSSR count). The van der Waals surface area contributed by atoms with Crippen molar-refractivity contribution in [2.45, 2.75) is 63.5 Å². The van der Waals surface area contributed by atoms with Crippen molar-refractivity contribution in [3.05, 3.63) is 51.0 Å². The lowest BCUT2D eigenvalue weighted by Gasteiger charge is -2.53. The maximum atomic E-state index is 14.8. The number of primary amides is 1. The number of aliphatic hydroxyl groups excluding tert-OH is 1. The van der Waals surface area contributed by atoms with Crippen molar-refractivity contribution in [3.63, 3.8) is 0 Å². The molecule has 0 fully saturated rings. The summed E-state index contributed by atoms with van der Waals surface area (Å²) in [6, 6.07) is 0.0155. The van der Waals surface area contributed by atoms with Crippen molar-refractivity contribution in [1.29, 1.82) is 5.41 Å². The van der Waals surface area contributed by atoms with E-state index in [9.17, 15) is 33.0 Å². The maximum absolute atomic E-state index is 14.8. The van der Waals surface area contributed by atoms with Crippen LogP contribution < -0.4 is 5.73 Å². The molecule has 0 aromatic heterocycles. The SMILES string of the molecule is CCC(C)N(C)Cc1cc(O)c2c(c1C(F)(F)F)C[C@H]1C[C@H]3[C@H](N(C)C)C(O)=C(C(N)=O)C(=N)[C@@]3(OC)C(OC)=C1C2=O. The fraction of sp³-hybridized carbons (Fsp3) is 0.567. The number of benzene rings is 1. The molecule has 43 heavy (non-hydrogen) atoms. The van der Waals surface area contributed by atoms with Crippen molar-refractivity contribution in [3.8, 4) is 5.75 Å². The number of likely N-dealkylation sites (N-methyl/N-ethyl adjacent to an activating group) is 1. The van der Waals surface area contributed by atoms with Crippen LogP contribution in [0, 0.1) is 17.2 Å². The number of alkyl halides is 3. The molecule has 0 spiro atoms. The first kappa shape index (κ1) is 32.5. The highest BCUT2D eigenvalue weighted by Crippen LogP contribution is 2.55. The second-order valence-electron chi connectivity index (χ2n) is 11.8. The number of methoxy groups -OCH3 is 2. The van der Waals surface area contributed by atoms with Gasteiger partial charge in [0.1, 0.15) is 22.8 Å². The Bertz CT molecular complexity index is 1440. The van der Waals surface area contributed by atoms with Gasteiger partial charge in [-0.2, -0.15) is 13.2 Å². The van der Waals surface area contributed by atoms with Gasteiger partial charge in [-0.15, -0.1) is 0 Å². The third-order valence-electron chi connectivity index (χ3n) is 9.38. The summed E-state index contributed by atoms with van der Waals surface area (Å²) in [6.07, 6.45) is -4.38. The van der Waals surface area contributed by atoms with Gasteiger partial charge in [-0.25, -0.2) is 0 Å². The van der Waals surface area contributed by atoms with Crippen LogP contribution in [0.25, 0.3) is 0 Å². The average molecular weight is 609 g/mol. The van der Waals surface area contributed by atoms with Gasteiger partial charge in [0.15, 0.2) is 11.4 Å². The summed E-state index contributed by atoms with van der Waals surface area (Å²) in [4.78, 5) is 30.0. The fourth-order valence-electron chi connectivity index (χ4n) is 7.22. The van der Waals surface area contributed by atoms with E-state index in [2.05, 4.69) is 0 Å². The van der Waals surface area contributed by atoms with Gasteiger partial charge in [-0.05, 0) is 70.4 Å². The number of phenols is 1. The Labute approximate surface area is 248 Å². The topological polar surface area (TPSA) is 149 Å². The van der Waals surface area contributed by atoms with Crippen LogP contribution in [0.15, 0.2) is 28.7 Å². The van der Waals surface area contributed by atoms with Crippen molar-refractivity contribution < 1.29 is 42.4 Å². The van der Waals surface area contributed by atoms with Crippen LogP contribution in [0.5, 0.6) is 5.75 Å². The summed E-state index contributed by atoms with van der Waals surface area (Å²) in [5, 5.41) is 31.2. The fourth-order valence-corrected chi connectivity index (χ4v) is 7.22. The molecule has 0 saturated carbocycles. The molecule has 3 aliphatic carbocycles. The number of rotatable bonds is 8. The number of fused-ring (bicyclic) bond motifs is 3. The molecule has 1 aromatic rings. The molecular weight excluding hydrogens is 569 g/mol. The molecule has 0 bridgehead atoms. The normalized spacial score (nSPS) is 26.5. The summed E-state index contributed by atoms with van der Waals surface area (Å²) >= 11 is 0. The number of hydrogen-bond donors (Lipinski definition) is 4. The Morgan fingerprint density at radius 3 is 2.37 bits per heavy atom. The smallest absolute Gasteiger partial charge is 0.417 e. The quantitative estimate of drug-likeness (QED) is 0.350. The number of phenolic OH excluding ortho intramolecular Hbond substituents is 1. The highest BCUT2D eigenvalue weighted by atomic mass is 19.4. The highest BCUT2D eigenvalue weighted by Gasteiger charge is 2.63. The molecule has 1 unspecified atom stereocenters. The van der Waals surface area contributed by atoms with E-state index in [0.717, 1.165) is 6.07 Å². The largest absolute Gasteiger partial charge is 0.510 e. The van der Waals surface area contributed by atoms with Gasteiger partial charge in [0, 0.05) is 31.2 Å². The number of allylic oxidation sites excluding steroid dienone is 1. The molecule has 5 atom stereocenters. The first-order chi connectivity index (χ1) is 20.0. The summed E-state index contributed by atoms with van der Waals surface area (Å²) in [5.41, 5.74) is 0.758. The van der Waals surface area contributed by atoms with Gasteiger partial charge in [-0.3, -0.25) is 19.4 Å². The number of nitrogens with one attached hydrogen (secondary N) is 1. The third kappa shape index (κ3) is 4.81. The zero-order valence-corrected chi connectivity index (χ0v) is 25.3. The van der Waals surface area contributed by atoms with E-state index >= 15 is 0 Å². The van der Waals surface area contributed by atoms with Crippen molar-refractivity contribution in [1.82, 2.24) is 9.80 Å². The van der Waals surface area contributed by atoms with E-state index in [1.807, 2.05) is 13.8 Å². The molecule has 5 N–H and O–H groups in total. The number of aliphatic hydroxyl groups is 1. The van der Waals surface area contributed by atoms with E-state index in [4.69, 9.17) is 20.6 Å². The molecule has 1 amide bonds. The van der Waals surface area contributed by atoms with Crippen LogP contribution in [0.4, 0.5) is 13.2 Å². The summed E-state index contributed by atoms with van der Waals surface area (Å²) in [6.45, 7) is 3.71. The highest BCUT2D eigenvalue weighted by molar-refractivity contribution is 6.26. The summed E-state index contributed by atoms with van der Waals surface area (Å²) < 4.78 is 56.0. The van der Waals surface area contributed by atoms with Crippen LogP contribution >= 0.6 is 0 Å². The van der Waals surface area contributed by atoms with Crippen LogP contribution in [-0.2, 0) is 33.4 Å². The lowest BCUT2D eigenvalue weighted by atomic mass is 9.58. The van der Waals surface area contributed by atoms with E-state index in [1.54, 1.807) is 30.9 Å². The zero-order valence-electron chi connectivity index (χ0n) is 25.3. The standard InChI is InChI=1S/C30H39F3N4O6/c1-8-13(2)37(5)12-15-11-18(38)20-16(22(15)30(31,32)33)9-14-10-17-23(36(3)4)25(40)21(28(35)41)26(34)29(17,43-7)27(42-6)19(14)24(20)39/h11,13-14,17,23,34,38,40H,8-10,12H2,1-7H3,(H2,35,41)/t13?,14-,17-,23-,29+/m0/s1. The Morgan fingerprint density at radius 1 is 1.26 bits per heavy atom. The van der Waals surface area contributed by atoms with Crippen LogP contribution in [-0.4, -0.2) is 90.5 Å². The van der Waals surface area contributed by atoms with Crippen molar-refractivity contribution >= 4 is 17.4 Å². The molecule has 236 valence electrons. The van der Waals surface area contributed by atoms with Crippen LogP contribution in [0.3, 0.4) is 0 Å². The number of aromatic hydroxyl groups is 1. The number of hydrogen-bond acceptors (Lipinski definition) is 9. The number of carbonyl (C=O) groups excluding carboxylic acids is 2. The number of Topliss-reactive ketones (excluding diaryl/α,β-unsaturated/α-hetero) is 1. The molecule has 3 aliphatic rings. The van der Waals surface area contributed by atoms with E-state index < -0.39 is 75.3 Å². The predicted octanol–water partition coefficient (Wildman–Crippen LogP) is 3.56. The van der Waals surface area contributed by atoms with E-state index in [-0.39, 0.29) is 47.9 Å². The second kappa shape index (κ2) is 11.3. The van der Waals surface area contributed by atoms with Gasteiger partial charge >= 0.3 is 6.18 Å². The monoisotopic (exact) mass is 608 g/mol. The number of nitrogens with zero attached hydrogens (tertiary/aromatic N) is 2. The van der Waals surface area contributed by atoms with Gasteiger partial charge in [0.05, 0.1) is 30.0 Å². The maximum Gasteiger partial charge on any atom is 0.417 e. The van der Waals surface area contributed by atoms with Crippen LogP contribution in [0.2, 0.25) is 0 Å². The molecule has 10 nitrogen and oxygen atoms in total. The number of carbonyl (C=O) groups is 2. The van der Waals surface area contributed by atoms with Crippen molar-refractivity contribution in [2.75, 3.05) is 35.4 Å². The lowest BCUT2D eigenvalue weighted by molar-refractivity contribution is -0.139. The van der Waals surface area contributed by atoms with Gasteiger partial charge in [0.2, 0.25) is 0 Å². The Hall–Kier alpha value is -3.42. The minimum atomic E-state index is -4.82. The summed E-state index contributed by atoms with van der Waals surface area (Å²) in [7, 11) is 7.45. The molecule has 1 aromatic carbocycles. The first-order valence-electron chi connectivity index (χ1n) is 14.0. The molecule has 0 radical (unpaired) electrons. The Morgan fingerprint density at radius 2 is 1.88 bits per heavy atom. The molecule has 0 aliphatic heterocycles. The molecule has 0 saturated heterocycles. The van der Waals surface area contributed by atoms with E-state index in [1.165, 1.54) is 14.2 Å². The molecule has 0 heterocycles. The average Bonchev–Trinajstić information content (AvgIpc) is 2.90. The molecule has 13 heteroatoms. The van der Waals surface area contributed by atoms with Gasteiger partial charge in [-0.1, -0.05) is 6.92 Å². The zero-order chi connectivity index (χ0) is 32.3. The number of ketones is 1. The number of nitrogens with two attached hydrogens (primary N) is 1. The third-order valence-corrected chi connectivity index (χ3v) is 9.38. The minimum absolute atomic E-state index is 0.00238. The minimum Gasteiger partial charge on any atom is -0.510 e. The lowest BCUT2D eigenvalue weighted by Crippen LogP contribution is -2.64.